The van der Waals surface area contributed by atoms with Crippen LogP contribution in [0.4, 0.5) is 15.8 Å². The average molecular weight is 256 g/mol. The maximum Gasteiger partial charge on any atom is 0.397 e. The lowest BCUT2D eigenvalue weighted by molar-refractivity contribution is -0.386. The fraction of sp³-hybridized carbons (Fsp3) is 0.200. The first-order valence-electron chi connectivity index (χ1n) is 4.88. The quantitative estimate of drug-likeness (QED) is 0.379. The van der Waals surface area contributed by atoms with Crippen molar-refractivity contribution in [2.45, 2.75) is 6.92 Å². The molecule has 0 saturated carbocycles. The van der Waals surface area contributed by atoms with Gasteiger partial charge in [-0.25, -0.2) is 4.79 Å². The van der Waals surface area contributed by atoms with Gasteiger partial charge in [-0.3, -0.25) is 14.9 Å². The Morgan fingerprint density at radius 1 is 1.50 bits per heavy atom. The molecule has 1 aromatic rings. The molecule has 1 amide bonds. The molecule has 8 heteroatoms. The molecule has 0 aromatic heterocycles. The SMILES string of the molecule is CCOC(=O)C(=O)Nc1cccc(F)c1[N+](=O)[O-]. The van der Waals surface area contributed by atoms with Gasteiger partial charge >= 0.3 is 17.6 Å². The summed E-state index contributed by atoms with van der Waals surface area (Å²) < 4.78 is 17.6. The van der Waals surface area contributed by atoms with Crippen molar-refractivity contribution in [3.8, 4) is 0 Å². The van der Waals surface area contributed by atoms with Crippen molar-refractivity contribution >= 4 is 23.3 Å². The number of nitrogens with one attached hydrogen (secondary N) is 1. The van der Waals surface area contributed by atoms with Crippen molar-refractivity contribution in [3.63, 3.8) is 0 Å². The van der Waals surface area contributed by atoms with Gasteiger partial charge in [-0.2, -0.15) is 4.39 Å². The molecule has 0 saturated heterocycles. The van der Waals surface area contributed by atoms with Crippen molar-refractivity contribution in [1.82, 2.24) is 0 Å². The zero-order chi connectivity index (χ0) is 13.7. The largest absolute Gasteiger partial charge is 0.459 e. The van der Waals surface area contributed by atoms with Crippen LogP contribution in [0.5, 0.6) is 0 Å². The van der Waals surface area contributed by atoms with Crippen LogP contribution in [0.2, 0.25) is 0 Å². The molecule has 0 aliphatic carbocycles. The lowest BCUT2D eigenvalue weighted by atomic mass is 10.2. The average Bonchev–Trinajstić information content (AvgIpc) is 2.28. The smallest absolute Gasteiger partial charge is 0.397 e. The monoisotopic (exact) mass is 256 g/mol. The Hall–Kier alpha value is -2.51. The van der Waals surface area contributed by atoms with Gasteiger partial charge in [0, 0.05) is 0 Å². The first kappa shape index (κ1) is 13.6. The zero-order valence-electron chi connectivity index (χ0n) is 9.31. The minimum absolute atomic E-state index is 0.0164. The number of anilines is 1. The minimum Gasteiger partial charge on any atom is -0.459 e. The van der Waals surface area contributed by atoms with Gasteiger partial charge < -0.3 is 10.1 Å². The van der Waals surface area contributed by atoms with Gasteiger partial charge in [0.05, 0.1) is 11.5 Å². The van der Waals surface area contributed by atoms with E-state index >= 15 is 0 Å². The number of nitro groups is 1. The van der Waals surface area contributed by atoms with Crippen molar-refractivity contribution in [1.29, 1.82) is 0 Å². The molecule has 18 heavy (non-hydrogen) atoms. The molecule has 0 bridgehead atoms. The summed E-state index contributed by atoms with van der Waals surface area (Å²) in [6, 6.07) is 3.15. The second-order valence-electron chi connectivity index (χ2n) is 3.07. The van der Waals surface area contributed by atoms with E-state index in [4.69, 9.17) is 0 Å². The number of halogens is 1. The number of carbonyl (C=O) groups is 2. The van der Waals surface area contributed by atoms with E-state index in [0.717, 1.165) is 12.1 Å². The summed E-state index contributed by atoms with van der Waals surface area (Å²) in [4.78, 5) is 31.9. The third-order valence-corrected chi connectivity index (χ3v) is 1.88. The fourth-order valence-corrected chi connectivity index (χ4v) is 1.17. The Labute approximate surface area is 101 Å². The molecule has 0 radical (unpaired) electrons. The summed E-state index contributed by atoms with van der Waals surface area (Å²) in [5.41, 5.74) is -1.31. The van der Waals surface area contributed by atoms with Crippen LogP contribution in [0, 0.1) is 15.9 Å². The minimum atomic E-state index is -1.20. The van der Waals surface area contributed by atoms with E-state index in [2.05, 4.69) is 4.74 Å². The van der Waals surface area contributed by atoms with E-state index in [9.17, 15) is 24.1 Å². The maximum atomic E-state index is 13.2. The molecule has 0 fully saturated rings. The number of carbonyl (C=O) groups excluding carboxylic acids is 2. The van der Waals surface area contributed by atoms with E-state index < -0.39 is 34.0 Å². The lowest BCUT2D eigenvalue weighted by Crippen LogP contribution is -2.25. The third-order valence-electron chi connectivity index (χ3n) is 1.88. The highest BCUT2D eigenvalue weighted by Gasteiger charge is 2.24. The molecule has 1 N–H and O–H groups in total. The highest BCUT2D eigenvalue weighted by Crippen LogP contribution is 2.27. The Bertz CT molecular complexity index is 503. The second kappa shape index (κ2) is 5.71. The predicted octanol–water partition coefficient (Wildman–Crippen LogP) is 1.24. The molecule has 0 atom stereocenters. The van der Waals surface area contributed by atoms with Crippen LogP contribution in [0.1, 0.15) is 6.92 Å². The van der Waals surface area contributed by atoms with E-state index in [1.54, 1.807) is 0 Å². The molecule has 7 nitrogen and oxygen atoms in total. The van der Waals surface area contributed by atoms with Crippen LogP contribution in [0.3, 0.4) is 0 Å². The van der Waals surface area contributed by atoms with Crippen molar-refractivity contribution in [2.24, 2.45) is 0 Å². The van der Waals surface area contributed by atoms with Gasteiger partial charge in [0.25, 0.3) is 0 Å². The molecular weight excluding hydrogens is 247 g/mol. The number of hydrogen-bond donors (Lipinski definition) is 1. The number of esters is 1. The van der Waals surface area contributed by atoms with Crippen LogP contribution in [0.25, 0.3) is 0 Å². The van der Waals surface area contributed by atoms with Gasteiger partial charge in [-0.15, -0.1) is 0 Å². The summed E-state index contributed by atoms with van der Waals surface area (Å²) in [7, 11) is 0. The fourth-order valence-electron chi connectivity index (χ4n) is 1.17. The Morgan fingerprint density at radius 3 is 2.72 bits per heavy atom. The van der Waals surface area contributed by atoms with Crippen LogP contribution in [-0.2, 0) is 14.3 Å². The number of amides is 1. The molecule has 1 aromatic carbocycles. The highest BCUT2D eigenvalue weighted by atomic mass is 19.1. The normalized spacial score (nSPS) is 9.67. The highest BCUT2D eigenvalue weighted by molar-refractivity contribution is 6.37. The molecular formula is C10H9FN2O5. The van der Waals surface area contributed by atoms with Gasteiger partial charge in [-0.1, -0.05) is 6.07 Å². The molecule has 0 aliphatic rings. The molecule has 0 unspecified atom stereocenters. The van der Waals surface area contributed by atoms with E-state index in [1.807, 2.05) is 5.32 Å². The number of nitrogens with zero attached hydrogens (tertiary/aromatic N) is 1. The first-order valence-corrected chi connectivity index (χ1v) is 4.88. The van der Waals surface area contributed by atoms with Crippen LogP contribution < -0.4 is 5.32 Å². The molecule has 96 valence electrons. The summed E-state index contributed by atoms with van der Waals surface area (Å²) >= 11 is 0. The van der Waals surface area contributed by atoms with Gasteiger partial charge in [0.1, 0.15) is 5.69 Å². The zero-order valence-corrected chi connectivity index (χ0v) is 9.31. The summed E-state index contributed by atoms with van der Waals surface area (Å²) in [6.45, 7) is 1.48. The number of para-hydroxylation sites is 1. The Morgan fingerprint density at radius 2 is 2.17 bits per heavy atom. The maximum absolute atomic E-state index is 13.2. The first-order chi connectivity index (χ1) is 8.47. The number of benzene rings is 1. The molecule has 0 aliphatic heterocycles. The molecule has 0 heterocycles. The summed E-state index contributed by atoms with van der Waals surface area (Å²) in [5, 5.41) is 12.5. The van der Waals surface area contributed by atoms with Gasteiger partial charge in [0.15, 0.2) is 0 Å². The standard InChI is InChI=1S/C10H9FN2O5/c1-2-18-10(15)9(14)12-7-5-3-4-6(11)8(7)13(16)17/h3-5H,2H2,1H3,(H,12,14). The predicted molar refractivity (Wildman–Crippen MR) is 58.3 cm³/mol. The number of rotatable bonds is 3. The van der Waals surface area contributed by atoms with Crippen LogP contribution in [-0.4, -0.2) is 23.4 Å². The summed E-state index contributed by atoms with van der Waals surface area (Å²) in [6.07, 6.45) is 0. The third kappa shape index (κ3) is 3.00. The van der Waals surface area contributed by atoms with Crippen molar-refractivity contribution in [2.75, 3.05) is 11.9 Å². The van der Waals surface area contributed by atoms with E-state index in [0.29, 0.717) is 0 Å². The lowest BCUT2D eigenvalue weighted by Gasteiger charge is -2.05. The van der Waals surface area contributed by atoms with Gasteiger partial charge in [-0.05, 0) is 19.1 Å². The van der Waals surface area contributed by atoms with Crippen LogP contribution >= 0.6 is 0 Å². The van der Waals surface area contributed by atoms with Crippen LogP contribution in [0.15, 0.2) is 18.2 Å². The molecule has 1 rings (SSSR count). The number of ether oxygens (including phenoxy) is 1. The molecule has 0 spiro atoms. The number of nitro benzene ring substituents is 1. The van der Waals surface area contributed by atoms with E-state index in [-0.39, 0.29) is 6.61 Å². The van der Waals surface area contributed by atoms with Gasteiger partial charge in [0.2, 0.25) is 5.82 Å². The van der Waals surface area contributed by atoms with E-state index in [1.165, 1.54) is 13.0 Å². The van der Waals surface area contributed by atoms with Crippen molar-refractivity contribution in [3.05, 3.63) is 34.1 Å². The Balaban J connectivity index is 2.98. The van der Waals surface area contributed by atoms with Crippen molar-refractivity contribution < 1.29 is 23.6 Å². The topological polar surface area (TPSA) is 98.5 Å². The Kier molecular flexibility index (Phi) is 4.30. The number of hydrogen-bond acceptors (Lipinski definition) is 5. The summed E-state index contributed by atoms with van der Waals surface area (Å²) in [5.74, 6) is -3.51. The second-order valence-corrected chi connectivity index (χ2v) is 3.07.